The van der Waals surface area contributed by atoms with Gasteiger partial charge in [-0.15, -0.1) is 0 Å². The van der Waals surface area contributed by atoms with E-state index < -0.39 is 0 Å². The number of amides is 1. The van der Waals surface area contributed by atoms with Gasteiger partial charge in [0.15, 0.2) is 0 Å². The Hall–Kier alpha value is -3.45. The zero-order valence-electron chi connectivity index (χ0n) is 18.2. The molecule has 4 aromatic rings. The van der Waals surface area contributed by atoms with E-state index >= 15 is 0 Å². The van der Waals surface area contributed by atoms with Crippen LogP contribution in [0.25, 0.3) is 16.6 Å². The highest BCUT2D eigenvalue weighted by Crippen LogP contribution is 2.21. The molecule has 32 heavy (non-hydrogen) atoms. The van der Waals surface area contributed by atoms with Crippen molar-refractivity contribution in [2.75, 3.05) is 6.54 Å². The van der Waals surface area contributed by atoms with Crippen LogP contribution in [-0.4, -0.2) is 32.0 Å². The predicted molar refractivity (Wildman–Crippen MR) is 125 cm³/mol. The van der Waals surface area contributed by atoms with E-state index in [4.69, 9.17) is 11.6 Å². The highest BCUT2D eigenvalue weighted by molar-refractivity contribution is 6.30. The Balaban J connectivity index is 1.57. The number of hydrogen-bond donors (Lipinski definition) is 1. The summed E-state index contributed by atoms with van der Waals surface area (Å²) in [7, 11) is 0. The van der Waals surface area contributed by atoms with E-state index in [0.29, 0.717) is 33.9 Å². The fraction of sp³-hybridized carbons (Fsp3) is 0.250. The van der Waals surface area contributed by atoms with Crippen molar-refractivity contribution >= 4 is 28.4 Å². The minimum atomic E-state index is -0.338. The van der Waals surface area contributed by atoms with E-state index in [9.17, 15) is 9.59 Å². The number of nitrogens with one attached hydrogen (secondary N) is 1. The first-order valence-corrected chi connectivity index (χ1v) is 10.8. The molecule has 1 N–H and O–H groups in total. The number of aromatic nitrogens is 4. The predicted octanol–water partition coefficient (Wildman–Crippen LogP) is 3.77. The molecule has 2 aromatic heterocycles. The zero-order chi connectivity index (χ0) is 22.8. The number of fused-ring (bicyclic) bond motifs is 1. The van der Waals surface area contributed by atoms with Crippen LogP contribution in [0.5, 0.6) is 0 Å². The van der Waals surface area contributed by atoms with Gasteiger partial charge in [-0.05, 0) is 49.6 Å². The van der Waals surface area contributed by atoms with Gasteiger partial charge in [-0.3, -0.25) is 9.59 Å². The Bertz CT molecular complexity index is 1330. The molecule has 0 aliphatic carbocycles. The summed E-state index contributed by atoms with van der Waals surface area (Å²) in [6, 6.07) is 17.2. The Labute approximate surface area is 190 Å². The van der Waals surface area contributed by atoms with E-state index in [0.717, 1.165) is 11.3 Å². The smallest absolute Gasteiger partial charge is 0.278 e. The molecule has 7 nitrogen and oxygen atoms in total. The molecule has 1 amide bonds. The van der Waals surface area contributed by atoms with Crippen LogP contribution in [-0.2, 0) is 11.3 Å². The summed E-state index contributed by atoms with van der Waals surface area (Å²) in [5.41, 5.74) is 3.39. The quantitative estimate of drug-likeness (QED) is 0.485. The van der Waals surface area contributed by atoms with Crippen LogP contribution in [0, 0.1) is 13.8 Å². The normalized spacial score (nSPS) is 12.1. The second-order valence-corrected chi connectivity index (χ2v) is 8.30. The molecular formula is C24H24ClN5O2. The number of benzene rings is 2. The van der Waals surface area contributed by atoms with Gasteiger partial charge in [0.25, 0.3) is 5.56 Å². The number of aryl methyl sites for hydroxylation is 2. The first kappa shape index (κ1) is 21.8. The molecule has 1 atom stereocenters. The van der Waals surface area contributed by atoms with Crippen LogP contribution in [0.3, 0.4) is 0 Å². The molecule has 0 fully saturated rings. The lowest BCUT2D eigenvalue weighted by atomic mass is 10.0. The highest BCUT2D eigenvalue weighted by atomic mass is 35.5. The minimum Gasteiger partial charge on any atom is -0.354 e. The van der Waals surface area contributed by atoms with Crippen LogP contribution in [0.1, 0.15) is 29.8 Å². The van der Waals surface area contributed by atoms with Crippen molar-refractivity contribution in [2.24, 2.45) is 0 Å². The fourth-order valence-corrected chi connectivity index (χ4v) is 3.84. The number of nitrogens with zero attached hydrogens (tertiary/aromatic N) is 4. The number of carbonyl (C=O) groups excluding carboxylic acids is 1. The molecule has 0 saturated carbocycles. The molecule has 0 radical (unpaired) electrons. The van der Waals surface area contributed by atoms with E-state index in [1.54, 1.807) is 23.7 Å². The molecule has 164 valence electrons. The summed E-state index contributed by atoms with van der Waals surface area (Å²) in [4.78, 5) is 25.7. The lowest BCUT2D eigenvalue weighted by Gasteiger charge is -2.13. The zero-order valence-corrected chi connectivity index (χ0v) is 18.9. The molecule has 4 rings (SSSR count). The largest absolute Gasteiger partial charge is 0.354 e. The van der Waals surface area contributed by atoms with Crippen LogP contribution in [0.2, 0.25) is 5.02 Å². The van der Waals surface area contributed by atoms with Crippen LogP contribution >= 0.6 is 11.6 Å². The standard InChI is InChI=1S/C24H24ClN5O2/c1-15(18-7-5-4-6-8-18)13-26-21(31)14-29-24(32)22-17(3)30(28-23(22)16(2)27-29)20-11-9-19(25)10-12-20/h4-12,15H,13-14H2,1-3H3,(H,26,31). The van der Waals surface area contributed by atoms with Gasteiger partial charge in [0.1, 0.15) is 12.1 Å². The van der Waals surface area contributed by atoms with Gasteiger partial charge in [-0.25, -0.2) is 9.36 Å². The molecule has 2 heterocycles. The first-order valence-electron chi connectivity index (χ1n) is 10.4. The molecule has 0 spiro atoms. The van der Waals surface area contributed by atoms with Crippen LogP contribution < -0.4 is 10.9 Å². The van der Waals surface area contributed by atoms with Gasteiger partial charge in [0, 0.05) is 11.6 Å². The second-order valence-electron chi connectivity index (χ2n) is 7.86. The third-order valence-electron chi connectivity index (χ3n) is 5.52. The van der Waals surface area contributed by atoms with E-state index in [1.807, 2.05) is 56.3 Å². The summed E-state index contributed by atoms with van der Waals surface area (Å²) >= 11 is 5.99. The van der Waals surface area contributed by atoms with Crippen molar-refractivity contribution in [3.05, 3.63) is 86.9 Å². The number of halogens is 1. The molecular weight excluding hydrogens is 426 g/mol. The topological polar surface area (TPSA) is 81.8 Å². The summed E-state index contributed by atoms with van der Waals surface area (Å²) < 4.78 is 2.91. The highest BCUT2D eigenvalue weighted by Gasteiger charge is 2.19. The average Bonchev–Trinajstić information content (AvgIpc) is 3.14. The van der Waals surface area contributed by atoms with E-state index in [2.05, 4.69) is 15.5 Å². The maximum absolute atomic E-state index is 13.1. The Morgan fingerprint density at radius 2 is 1.75 bits per heavy atom. The van der Waals surface area contributed by atoms with Crippen LogP contribution in [0.4, 0.5) is 0 Å². The van der Waals surface area contributed by atoms with Crippen molar-refractivity contribution in [3.8, 4) is 5.69 Å². The van der Waals surface area contributed by atoms with Crippen molar-refractivity contribution in [1.82, 2.24) is 24.9 Å². The molecule has 0 aliphatic heterocycles. The van der Waals surface area contributed by atoms with Crippen molar-refractivity contribution in [2.45, 2.75) is 33.2 Å². The van der Waals surface area contributed by atoms with Crippen LogP contribution in [0.15, 0.2) is 59.4 Å². The number of rotatable bonds is 6. The molecule has 0 aliphatic rings. The summed E-state index contributed by atoms with van der Waals surface area (Å²) in [6.45, 7) is 5.99. The van der Waals surface area contributed by atoms with Gasteiger partial charge in [0.2, 0.25) is 5.91 Å². The summed E-state index contributed by atoms with van der Waals surface area (Å²) in [6.07, 6.45) is 0. The van der Waals surface area contributed by atoms with Crippen molar-refractivity contribution in [3.63, 3.8) is 0 Å². The maximum atomic E-state index is 13.1. The molecule has 0 bridgehead atoms. The van der Waals surface area contributed by atoms with E-state index in [-0.39, 0.29) is 23.9 Å². The summed E-state index contributed by atoms with van der Waals surface area (Å²) in [5.74, 6) is -0.0993. The Kier molecular flexibility index (Phi) is 6.10. The first-order chi connectivity index (χ1) is 15.3. The third-order valence-corrected chi connectivity index (χ3v) is 5.77. The van der Waals surface area contributed by atoms with Gasteiger partial charge >= 0.3 is 0 Å². The van der Waals surface area contributed by atoms with Gasteiger partial charge in [0.05, 0.1) is 22.5 Å². The number of hydrogen-bond acceptors (Lipinski definition) is 4. The monoisotopic (exact) mass is 449 g/mol. The van der Waals surface area contributed by atoms with Gasteiger partial charge < -0.3 is 5.32 Å². The fourth-order valence-electron chi connectivity index (χ4n) is 3.71. The van der Waals surface area contributed by atoms with Crippen molar-refractivity contribution in [1.29, 1.82) is 0 Å². The Morgan fingerprint density at radius 3 is 2.44 bits per heavy atom. The van der Waals surface area contributed by atoms with Gasteiger partial charge in [-0.1, -0.05) is 48.9 Å². The third kappa shape index (κ3) is 4.29. The molecule has 0 saturated heterocycles. The van der Waals surface area contributed by atoms with Crippen molar-refractivity contribution < 1.29 is 4.79 Å². The lowest BCUT2D eigenvalue weighted by molar-refractivity contribution is -0.121. The SMILES string of the molecule is Cc1nn(CC(=O)NCC(C)c2ccccc2)c(=O)c2c(C)n(-c3ccc(Cl)cc3)nc12. The lowest BCUT2D eigenvalue weighted by Crippen LogP contribution is -2.35. The molecule has 2 aromatic carbocycles. The van der Waals surface area contributed by atoms with E-state index in [1.165, 1.54) is 4.68 Å². The molecule has 8 heteroatoms. The molecule has 1 unspecified atom stereocenters. The average molecular weight is 450 g/mol. The summed E-state index contributed by atoms with van der Waals surface area (Å²) in [5, 5.41) is 12.9. The second kappa shape index (κ2) is 8.96. The minimum absolute atomic E-state index is 0.150. The number of carbonyl (C=O) groups is 1. The Morgan fingerprint density at radius 1 is 1.06 bits per heavy atom. The maximum Gasteiger partial charge on any atom is 0.278 e. The van der Waals surface area contributed by atoms with Gasteiger partial charge in [-0.2, -0.15) is 10.2 Å².